The zero-order valence-corrected chi connectivity index (χ0v) is 17.7. The number of hydrogen-bond acceptors (Lipinski definition) is 4. The summed E-state index contributed by atoms with van der Waals surface area (Å²) < 4.78 is 0. The fourth-order valence-electron chi connectivity index (χ4n) is 3.82. The number of likely N-dealkylation sites (tertiary alicyclic amines) is 1. The van der Waals surface area contributed by atoms with Gasteiger partial charge in [0.1, 0.15) is 11.5 Å². The van der Waals surface area contributed by atoms with Crippen molar-refractivity contribution in [1.82, 2.24) is 19.8 Å². The van der Waals surface area contributed by atoms with E-state index in [1.54, 1.807) is 6.07 Å². The van der Waals surface area contributed by atoms with Crippen molar-refractivity contribution >= 4 is 17.5 Å². The van der Waals surface area contributed by atoms with E-state index in [9.17, 15) is 4.79 Å². The number of carbonyl (C=O) groups excluding carboxylic acids is 1. The third kappa shape index (κ3) is 5.76. The van der Waals surface area contributed by atoms with Crippen molar-refractivity contribution in [1.29, 1.82) is 0 Å². The van der Waals surface area contributed by atoms with Crippen LogP contribution < -0.4 is 0 Å². The molecule has 150 valence electrons. The number of aromatic nitrogens is 2. The monoisotopic (exact) mass is 400 g/mol. The molecule has 0 atom stereocenters. The van der Waals surface area contributed by atoms with Gasteiger partial charge in [0.15, 0.2) is 0 Å². The Balaban J connectivity index is 1.44. The summed E-state index contributed by atoms with van der Waals surface area (Å²) in [5.41, 5.74) is 2.65. The molecular formula is C22H29ClN4O. The molecule has 5 nitrogen and oxygen atoms in total. The molecule has 28 heavy (non-hydrogen) atoms. The number of rotatable bonds is 6. The number of carbonyl (C=O) groups is 1. The maximum atomic E-state index is 12.7. The SMILES string of the molecule is Cc1cc(C(=O)N(C)CC2CCN(CCc3ccc(Cl)cc3)CC2)nc(C)n1. The van der Waals surface area contributed by atoms with E-state index in [2.05, 4.69) is 27.0 Å². The maximum absolute atomic E-state index is 12.7. The average Bonchev–Trinajstić information content (AvgIpc) is 2.67. The standard InChI is InChI=1S/C22H29ClN4O/c1-16-14-21(25-17(2)24-16)22(28)26(3)15-19-9-12-27(13-10-19)11-8-18-4-6-20(23)7-5-18/h4-7,14,19H,8-13,15H2,1-3H3. The molecule has 0 saturated carbocycles. The number of nitrogens with zero attached hydrogens (tertiary/aromatic N) is 4. The zero-order chi connectivity index (χ0) is 20.1. The van der Waals surface area contributed by atoms with E-state index in [1.165, 1.54) is 5.56 Å². The fraction of sp³-hybridized carbons (Fsp3) is 0.500. The highest BCUT2D eigenvalue weighted by molar-refractivity contribution is 6.30. The average molecular weight is 401 g/mol. The first kappa shape index (κ1) is 20.7. The lowest BCUT2D eigenvalue weighted by molar-refractivity contribution is 0.0734. The van der Waals surface area contributed by atoms with Gasteiger partial charge in [0.25, 0.3) is 5.91 Å². The van der Waals surface area contributed by atoms with Gasteiger partial charge in [-0.3, -0.25) is 4.79 Å². The first-order chi connectivity index (χ1) is 13.4. The second-order valence-electron chi connectivity index (χ2n) is 7.79. The summed E-state index contributed by atoms with van der Waals surface area (Å²) in [4.78, 5) is 25.6. The minimum absolute atomic E-state index is 0.0150. The summed E-state index contributed by atoms with van der Waals surface area (Å²) in [6.07, 6.45) is 3.30. The van der Waals surface area contributed by atoms with Gasteiger partial charge in [0, 0.05) is 30.9 Å². The molecule has 3 rings (SSSR count). The van der Waals surface area contributed by atoms with Crippen LogP contribution in [0.5, 0.6) is 0 Å². The molecule has 2 heterocycles. The Bertz CT molecular complexity index is 780. The molecule has 0 unspecified atom stereocenters. The second-order valence-corrected chi connectivity index (χ2v) is 8.23. The van der Waals surface area contributed by atoms with Crippen LogP contribution >= 0.6 is 11.6 Å². The van der Waals surface area contributed by atoms with E-state index < -0.39 is 0 Å². The third-order valence-corrected chi connectivity index (χ3v) is 5.65. The highest BCUT2D eigenvalue weighted by atomic mass is 35.5. The Labute approximate surface area is 172 Å². The van der Waals surface area contributed by atoms with Crippen LogP contribution in [0.3, 0.4) is 0 Å². The van der Waals surface area contributed by atoms with Gasteiger partial charge in [-0.2, -0.15) is 0 Å². The molecule has 1 aliphatic heterocycles. The van der Waals surface area contributed by atoms with Crippen molar-refractivity contribution in [3.8, 4) is 0 Å². The van der Waals surface area contributed by atoms with Crippen LogP contribution in [0.4, 0.5) is 0 Å². The largest absolute Gasteiger partial charge is 0.340 e. The molecule has 0 aliphatic carbocycles. The summed E-state index contributed by atoms with van der Waals surface area (Å²) in [7, 11) is 1.88. The number of piperidine rings is 1. The van der Waals surface area contributed by atoms with Crippen LogP contribution in [0.2, 0.25) is 5.02 Å². The van der Waals surface area contributed by atoms with Crippen LogP contribution in [0.25, 0.3) is 0 Å². The number of hydrogen-bond donors (Lipinski definition) is 0. The van der Waals surface area contributed by atoms with Crippen LogP contribution in [-0.4, -0.2) is 58.9 Å². The lowest BCUT2D eigenvalue weighted by Gasteiger charge is -2.33. The smallest absolute Gasteiger partial charge is 0.272 e. The normalized spacial score (nSPS) is 15.6. The van der Waals surface area contributed by atoms with Gasteiger partial charge in [-0.05, 0) is 75.9 Å². The van der Waals surface area contributed by atoms with Crippen molar-refractivity contribution < 1.29 is 4.79 Å². The van der Waals surface area contributed by atoms with Crippen molar-refractivity contribution in [2.24, 2.45) is 5.92 Å². The van der Waals surface area contributed by atoms with Gasteiger partial charge >= 0.3 is 0 Å². The first-order valence-corrected chi connectivity index (χ1v) is 10.3. The molecule has 1 aliphatic rings. The van der Waals surface area contributed by atoms with Gasteiger partial charge in [-0.1, -0.05) is 23.7 Å². The molecule has 1 saturated heterocycles. The van der Waals surface area contributed by atoms with E-state index in [1.807, 2.05) is 37.9 Å². The predicted octanol–water partition coefficient (Wildman–Crippen LogP) is 3.77. The molecule has 0 spiro atoms. The maximum Gasteiger partial charge on any atom is 0.272 e. The fourth-order valence-corrected chi connectivity index (χ4v) is 3.95. The lowest BCUT2D eigenvalue weighted by Crippen LogP contribution is -2.40. The molecule has 1 aromatic carbocycles. The summed E-state index contributed by atoms with van der Waals surface area (Å²) in [6, 6.07) is 9.89. The Kier molecular flexibility index (Phi) is 7.03. The number of benzene rings is 1. The Morgan fingerprint density at radius 3 is 2.50 bits per heavy atom. The summed E-state index contributed by atoms with van der Waals surface area (Å²) in [5, 5.41) is 0.788. The number of halogens is 1. The third-order valence-electron chi connectivity index (χ3n) is 5.40. The quantitative estimate of drug-likeness (QED) is 0.740. The van der Waals surface area contributed by atoms with Crippen molar-refractivity contribution in [2.45, 2.75) is 33.1 Å². The minimum atomic E-state index is -0.0150. The van der Waals surface area contributed by atoms with Crippen LogP contribution in [-0.2, 0) is 6.42 Å². The molecule has 1 amide bonds. The van der Waals surface area contributed by atoms with Gasteiger partial charge < -0.3 is 9.80 Å². The number of aryl methyl sites for hydroxylation is 2. The molecule has 0 radical (unpaired) electrons. The molecule has 0 bridgehead atoms. The molecule has 1 fully saturated rings. The second kappa shape index (κ2) is 9.48. The highest BCUT2D eigenvalue weighted by Crippen LogP contribution is 2.19. The molecule has 0 N–H and O–H groups in total. The summed E-state index contributed by atoms with van der Waals surface area (Å²) in [6.45, 7) is 7.75. The Hall–Kier alpha value is -1.98. The van der Waals surface area contributed by atoms with E-state index in [-0.39, 0.29) is 5.91 Å². The highest BCUT2D eigenvalue weighted by Gasteiger charge is 2.23. The van der Waals surface area contributed by atoms with Crippen molar-refractivity contribution in [3.63, 3.8) is 0 Å². The predicted molar refractivity (Wildman–Crippen MR) is 113 cm³/mol. The van der Waals surface area contributed by atoms with Crippen LogP contribution in [0.15, 0.2) is 30.3 Å². The molecular weight excluding hydrogens is 372 g/mol. The van der Waals surface area contributed by atoms with Crippen LogP contribution in [0, 0.1) is 19.8 Å². The van der Waals surface area contributed by atoms with E-state index in [4.69, 9.17) is 11.6 Å². The van der Waals surface area contributed by atoms with E-state index in [0.717, 1.165) is 56.2 Å². The van der Waals surface area contributed by atoms with Gasteiger partial charge in [0.2, 0.25) is 0 Å². The summed E-state index contributed by atoms with van der Waals surface area (Å²) >= 11 is 5.95. The molecule has 6 heteroatoms. The topological polar surface area (TPSA) is 49.3 Å². The van der Waals surface area contributed by atoms with Gasteiger partial charge in [0.05, 0.1) is 0 Å². The first-order valence-electron chi connectivity index (χ1n) is 9.95. The van der Waals surface area contributed by atoms with Crippen molar-refractivity contribution in [2.75, 3.05) is 33.2 Å². The van der Waals surface area contributed by atoms with Gasteiger partial charge in [-0.25, -0.2) is 9.97 Å². The Morgan fingerprint density at radius 2 is 1.86 bits per heavy atom. The minimum Gasteiger partial charge on any atom is -0.340 e. The van der Waals surface area contributed by atoms with Crippen LogP contribution in [0.1, 0.15) is 40.4 Å². The lowest BCUT2D eigenvalue weighted by atomic mass is 9.96. The van der Waals surface area contributed by atoms with Crippen molar-refractivity contribution in [3.05, 3.63) is 58.1 Å². The number of amides is 1. The molecule has 1 aromatic heterocycles. The molecule has 2 aromatic rings. The summed E-state index contributed by atoms with van der Waals surface area (Å²) in [5.74, 6) is 1.18. The van der Waals surface area contributed by atoms with E-state index >= 15 is 0 Å². The Morgan fingerprint density at radius 1 is 1.18 bits per heavy atom. The van der Waals surface area contributed by atoms with E-state index in [0.29, 0.717) is 17.4 Å². The van der Waals surface area contributed by atoms with Gasteiger partial charge in [-0.15, -0.1) is 0 Å². The zero-order valence-electron chi connectivity index (χ0n) is 17.0.